The lowest BCUT2D eigenvalue weighted by molar-refractivity contribution is 0.436. The number of aromatic nitrogens is 2. The molecule has 3 nitrogen and oxygen atoms in total. The zero-order valence-electron chi connectivity index (χ0n) is 10.1. The molecule has 0 aromatic carbocycles. The van der Waals surface area contributed by atoms with E-state index in [4.69, 9.17) is 0 Å². The average Bonchev–Trinajstić information content (AvgIpc) is 2.19. The maximum absolute atomic E-state index is 4.07. The summed E-state index contributed by atoms with van der Waals surface area (Å²) < 4.78 is 0. The highest BCUT2D eigenvalue weighted by Gasteiger charge is 2.13. The number of aryl methyl sites for hydroxylation is 1. The normalized spacial score (nSPS) is 12.9. The van der Waals surface area contributed by atoms with Crippen LogP contribution in [0, 0.1) is 12.8 Å². The molecule has 3 heteroatoms. The molecule has 0 saturated heterocycles. The van der Waals surface area contributed by atoms with Crippen molar-refractivity contribution in [2.24, 2.45) is 5.92 Å². The molecule has 0 saturated carbocycles. The molecule has 0 spiro atoms. The minimum absolute atomic E-state index is 0.455. The van der Waals surface area contributed by atoms with Crippen molar-refractivity contribution in [1.82, 2.24) is 10.2 Å². The van der Waals surface area contributed by atoms with E-state index in [1.807, 2.05) is 13.0 Å². The van der Waals surface area contributed by atoms with E-state index in [0.29, 0.717) is 12.0 Å². The molecule has 0 aliphatic heterocycles. The van der Waals surface area contributed by atoms with Crippen LogP contribution in [-0.2, 0) is 0 Å². The second kappa shape index (κ2) is 5.69. The van der Waals surface area contributed by atoms with Crippen LogP contribution >= 0.6 is 0 Å². The molecular weight excluding hydrogens is 186 g/mol. The minimum atomic E-state index is 0.455. The molecule has 1 unspecified atom stereocenters. The first kappa shape index (κ1) is 12.0. The van der Waals surface area contributed by atoms with Crippen molar-refractivity contribution >= 4 is 5.82 Å². The Morgan fingerprint density at radius 1 is 1.33 bits per heavy atom. The summed E-state index contributed by atoms with van der Waals surface area (Å²) in [6, 6.07) is 2.49. The van der Waals surface area contributed by atoms with Gasteiger partial charge in [-0.25, -0.2) is 0 Å². The van der Waals surface area contributed by atoms with E-state index in [1.54, 1.807) is 6.20 Å². The Labute approximate surface area is 92.3 Å². The van der Waals surface area contributed by atoms with Gasteiger partial charge in [0, 0.05) is 6.04 Å². The summed E-state index contributed by atoms with van der Waals surface area (Å²) in [5, 5.41) is 11.4. The third-order valence-electron chi connectivity index (χ3n) is 2.92. The van der Waals surface area contributed by atoms with Crippen LogP contribution in [0.1, 0.15) is 39.2 Å². The van der Waals surface area contributed by atoms with Crippen LogP contribution in [0.25, 0.3) is 0 Å². The fourth-order valence-corrected chi connectivity index (χ4v) is 1.88. The molecule has 0 fully saturated rings. The molecule has 0 radical (unpaired) electrons. The SMILES string of the molecule is CCC(CC)C(C)Nc1cc(C)cnn1. The van der Waals surface area contributed by atoms with Gasteiger partial charge in [0.2, 0.25) is 0 Å². The molecule has 84 valence electrons. The number of rotatable bonds is 5. The molecule has 1 rings (SSSR count). The fourth-order valence-electron chi connectivity index (χ4n) is 1.88. The van der Waals surface area contributed by atoms with Gasteiger partial charge in [0.25, 0.3) is 0 Å². The first-order chi connectivity index (χ1) is 7.17. The molecule has 15 heavy (non-hydrogen) atoms. The van der Waals surface area contributed by atoms with Crippen molar-refractivity contribution in [1.29, 1.82) is 0 Å². The summed E-state index contributed by atoms with van der Waals surface area (Å²) >= 11 is 0. The molecule has 1 N–H and O–H groups in total. The number of nitrogens with zero attached hydrogens (tertiary/aromatic N) is 2. The lowest BCUT2D eigenvalue weighted by Crippen LogP contribution is -2.25. The molecule has 1 atom stereocenters. The van der Waals surface area contributed by atoms with Gasteiger partial charge in [-0.15, -0.1) is 5.10 Å². The monoisotopic (exact) mass is 207 g/mol. The van der Waals surface area contributed by atoms with Gasteiger partial charge in [0.15, 0.2) is 0 Å². The van der Waals surface area contributed by atoms with Gasteiger partial charge in [-0.2, -0.15) is 5.10 Å². The van der Waals surface area contributed by atoms with Crippen LogP contribution in [0.4, 0.5) is 5.82 Å². The van der Waals surface area contributed by atoms with E-state index in [-0.39, 0.29) is 0 Å². The minimum Gasteiger partial charge on any atom is -0.366 e. The third kappa shape index (κ3) is 3.50. The van der Waals surface area contributed by atoms with Crippen molar-refractivity contribution in [3.63, 3.8) is 0 Å². The van der Waals surface area contributed by atoms with Crippen LogP contribution in [0.15, 0.2) is 12.3 Å². The standard InChI is InChI=1S/C12H21N3/c1-5-11(6-2)10(4)14-12-7-9(3)8-13-15-12/h7-8,10-11H,5-6H2,1-4H3,(H,14,15). The Morgan fingerprint density at radius 2 is 2.00 bits per heavy atom. The van der Waals surface area contributed by atoms with Gasteiger partial charge in [-0.05, 0) is 31.4 Å². The second-order valence-electron chi connectivity index (χ2n) is 4.13. The highest BCUT2D eigenvalue weighted by molar-refractivity contribution is 5.36. The first-order valence-electron chi connectivity index (χ1n) is 5.73. The zero-order valence-corrected chi connectivity index (χ0v) is 10.1. The van der Waals surface area contributed by atoms with Crippen LogP contribution in [0.2, 0.25) is 0 Å². The van der Waals surface area contributed by atoms with Crippen LogP contribution in [0.3, 0.4) is 0 Å². The lowest BCUT2D eigenvalue weighted by Gasteiger charge is -2.22. The van der Waals surface area contributed by atoms with E-state index in [9.17, 15) is 0 Å². The largest absolute Gasteiger partial charge is 0.366 e. The number of hydrogen-bond donors (Lipinski definition) is 1. The van der Waals surface area contributed by atoms with Crippen molar-refractivity contribution < 1.29 is 0 Å². The quantitative estimate of drug-likeness (QED) is 0.806. The summed E-state index contributed by atoms with van der Waals surface area (Å²) in [5.41, 5.74) is 1.14. The number of nitrogens with one attached hydrogen (secondary N) is 1. The van der Waals surface area contributed by atoms with Gasteiger partial charge in [0.05, 0.1) is 6.20 Å². The van der Waals surface area contributed by atoms with Crippen molar-refractivity contribution in [3.05, 3.63) is 17.8 Å². The van der Waals surface area contributed by atoms with Crippen molar-refractivity contribution in [2.45, 2.75) is 46.6 Å². The summed E-state index contributed by atoms with van der Waals surface area (Å²) in [6.45, 7) is 8.70. The molecule has 0 aliphatic carbocycles. The van der Waals surface area contributed by atoms with Crippen molar-refractivity contribution in [3.8, 4) is 0 Å². The summed E-state index contributed by atoms with van der Waals surface area (Å²) in [6.07, 6.45) is 4.17. The van der Waals surface area contributed by atoms with Gasteiger partial charge < -0.3 is 5.32 Å². The van der Waals surface area contributed by atoms with E-state index in [0.717, 1.165) is 11.4 Å². The van der Waals surface area contributed by atoms with Crippen LogP contribution in [-0.4, -0.2) is 16.2 Å². The van der Waals surface area contributed by atoms with Crippen molar-refractivity contribution in [2.75, 3.05) is 5.32 Å². The van der Waals surface area contributed by atoms with E-state index >= 15 is 0 Å². The highest BCUT2D eigenvalue weighted by Crippen LogP contribution is 2.16. The van der Waals surface area contributed by atoms with Gasteiger partial charge >= 0.3 is 0 Å². The molecule has 1 aromatic rings. The second-order valence-corrected chi connectivity index (χ2v) is 4.13. The number of hydrogen-bond acceptors (Lipinski definition) is 3. The molecule has 0 aliphatic rings. The maximum atomic E-state index is 4.07. The molecule has 0 bridgehead atoms. The van der Waals surface area contributed by atoms with Gasteiger partial charge in [0.1, 0.15) is 5.82 Å². The number of anilines is 1. The summed E-state index contributed by atoms with van der Waals surface area (Å²) in [7, 11) is 0. The smallest absolute Gasteiger partial charge is 0.149 e. The van der Waals surface area contributed by atoms with E-state index in [2.05, 4.69) is 36.3 Å². The topological polar surface area (TPSA) is 37.8 Å². The molecule has 1 heterocycles. The summed E-state index contributed by atoms with van der Waals surface area (Å²) in [5.74, 6) is 1.58. The fraction of sp³-hybridized carbons (Fsp3) is 0.667. The first-order valence-corrected chi connectivity index (χ1v) is 5.73. The van der Waals surface area contributed by atoms with E-state index in [1.165, 1.54) is 12.8 Å². The zero-order chi connectivity index (χ0) is 11.3. The highest BCUT2D eigenvalue weighted by atomic mass is 15.2. The molecule has 0 amide bonds. The Bertz CT molecular complexity index is 295. The predicted octanol–water partition coefficient (Wildman–Crippen LogP) is 3.02. The predicted molar refractivity (Wildman–Crippen MR) is 63.9 cm³/mol. The third-order valence-corrected chi connectivity index (χ3v) is 2.92. The Balaban J connectivity index is 2.61. The lowest BCUT2D eigenvalue weighted by atomic mass is 9.95. The Hall–Kier alpha value is -1.12. The van der Waals surface area contributed by atoms with Gasteiger partial charge in [-0.3, -0.25) is 0 Å². The average molecular weight is 207 g/mol. The molecular formula is C12H21N3. The van der Waals surface area contributed by atoms with Crippen LogP contribution in [0.5, 0.6) is 0 Å². The summed E-state index contributed by atoms with van der Waals surface area (Å²) in [4.78, 5) is 0. The van der Waals surface area contributed by atoms with E-state index < -0.39 is 0 Å². The molecule has 1 aromatic heterocycles. The Morgan fingerprint density at radius 3 is 2.53 bits per heavy atom. The maximum Gasteiger partial charge on any atom is 0.149 e. The van der Waals surface area contributed by atoms with Crippen LogP contribution < -0.4 is 5.32 Å². The van der Waals surface area contributed by atoms with Gasteiger partial charge in [-0.1, -0.05) is 26.7 Å². The Kier molecular flexibility index (Phi) is 4.53.